The number of carboxylic acid groups (broad SMARTS) is 1. The van der Waals surface area contributed by atoms with Crippen LogP contribution in [0.15, 0.2) is 84.9 Å². The molecule has 0 radical (unpaired) electrons. The van der Waals surface area contributed by atoms with Crippen LogP contribution in [-0.4, -0.2) is 22.9 Å². The van der Waals surface area contributed by atoms with Crippen LogP contribution in [0.5, 0.6) is 0 Å². The molecule has 2 atom stereocenters. The van der Waals surface area contributed by atoms with Gasteiger partial charge in [0, 0.05) is 5.75 Å². The molecule has 28 heavy (non-hydrogen) atoms. The summed E-state index contributed by atoms with van der Waals surface area (Å²) >= 11 is 1.57. The number of rotatable bonds is 5. The number of hydrogen-bond donors (Lipinski definition) is 2. The van der Waals surface area contributed by atoms with Crippen LogP contribution in [0.2, 0.25) is 0 Å². The van der Waals surface area contributed by atoms with Crippen molar-refractivity contribution in [2.24, 2.45) is 5.73 Å². The van der Waals surface area contributed by atoms with Gasteiger partial charge in [0.2, 0.25) is 0 Å². The number of thioether (sulfide) groups is 1. The van der Waals surface area contributed by atoms with Gasteiger partial charge in [-0.05, 0) is 27.8 Å². The Morgan fingerprint density at radius 3 is 2.32 bits per heavy atom. The summed E-state index contributed by atoms with van der Waals surface area (Å²) in [5, 5.41) is 9.30. The molecule has 0 spiro atoms. The minimum Gasteiger partial charge on any atom is -0.480 e. The van der Waals surface area contributed by atoms with Crippen molar-refractivity contribution in [2.75, 3.05) is 5.75 Å². The molecule has 0 saturated carbocycles. The Labute approximate surface area is 168 Å². The Morgan fingerprint density at radius 1 is 0.929 bits per heavy atom. The molecule has 3 N–H and O–H groups in total. The average molecular weight is 388 g/mol. The topological polar surface area (TPSA) is 63.3 Å². The highest BCUT2D eigenvalue weighted by molar-refractivity contribution is 8.00. The lowest BCUT2D eigenvalue weighted by Crippen LogP contribution is -2.35. The average Bonchev–Trinajstić information content (AvgIpc) is 2.88. The zero-order chi connectivity index (χ0) is 19.6. The summed E-state index contributed by atoms with van der Waals surface area (Å²) in [4.78, 5) is 11.3. The molecular weight excluding hydrogens is 366 g/mol. The number of fused-ring (bicyclic) bond motifs is 3. The molecule has 0 bridgehead atoms. The second kappa shape index (κ2) is 7.66. The number of hydrogen-bond acceptors (Lipinski definition) is 3. The van der Waals surface area contributed by atoms with E-state index < -0.39 is 16.8 Å². The van der Waals surface area contributed by atoms with E-state index in [9.17, 15) is 9.90 Å². The first-order valence-corrected chi connectivity index (χ1v) is 10.2. The first kappa shape index (κ1) is 18.5. The first-order chi connectivity index (χ1) is 13.6. The maximum absolute atomic E-state index is 11.3. The largest absolute Gasteiger partial charge is 0.480 e. The number of carbonyl (C=O) groups is 1. The van der Waals surface area contributed by atoms with Gasteiger partial charge in [0.15, 0.2) is 0 Å². The Hall–Kier alpha value is -2.82. The number of benzene rings is 3. The highest BCUT2D eigenvalue weighted by Gasteiger charge is 2.37. The lowest BCUT2D eigenvalue weighted by atomic mass is 9.86. The summed E-state index contributed by atoms with van der Waals surface area (Å²) in [6, 6.07) is 26.0. The molecule has 0 heterocycles. The normalized spacial score (nSPS) is 18.6. The van der Waals surface area contributed by atoms with Crippen LogP contribution >= 0.6 is 11.8 Å². The van der Waals surface area contributed by atoms with Crippen LogP contribution in [-0.2, 0) is 9.54 Å². The van der Waals surface area contributed by atoms with Gasteiger partial charge in [-0.2, -0.15) is 0 Å². The van der Waals surface area contributed by atoms with E-state index in [2.05, 4.69) is 48.6 Å². The van der Waals surface area contributed by atoms with E-state index in [-0.39, 0.29) is 0 Å². The zero-order valence-corrected chi connectivity index (χ0v) is 16.1. The predicted molar refractivity (Wildman–Crippen MR) is 116 cm³/mol. The van der Waals surface area contributed by atoms with Crippen molar-refractivity contribution in [3.63, 3.8) is 0 Å². The summed E-state index contributed by atoms with van der Waals surface area (Å²) < 4.78 is -0.524. The molecule has 0 amide bonds. The van der Waals surface area contributed by atoms with Crippen LogP contribution in [0.1, 0.15) is 16.7 Å². The predicted octanol–water partition coefficient (Wildman–Crippen LogP) is 4.77. The van der Waals surface area contributed by atoms with Crippen molar-refractivity contribution in [3.8, 4) is 11.1 Å². The molecule has 4 heteroatoms. The molecule has 0 aromatic heterocycles. The third-order valence-corrected chi connectivity index (χ3v) is 6.66. The summed E-state index contributed by atoms with van der Waals surface area (Å²) in [6.07, 6.45) is 4.33. The quantitative estimate of drug-likeness (QED) is 0.662. The minimum atomic E-state index is -0.982. The van der Waals surface area contributed by atoms with E-state index in [1.807, 2.05) is 42.5 Å². The van der Waals surface area contributed by atoms with E-state index in [0.29, 0.717) is 5.75 Å². The maximum atomic E-state index is 11.3. The monoisotopic (exact) mass is 387 g/mol. The highest BCUT2D eigenvalue weighted by atomic mass is 32.2. The molecule has 140 valence electrons. The van der Waals surface area contributed by atoms with Crippen molar-refractivity contribution >= 4 is 23.8 Å². The molecule has 0 aliphatic heterocycles. The van der Waals surface area contributed by atoms with E-state index in [4.69, 9.17) is 5.73 Å². The first-order valence-electron chi connectivity index (χ1n) is 9.18. The van der Waals surface area contributed by atoms with Gasteiger partial charge in [0.1, 0.15) is 6.04 Å². The molecule has 3 aromatic rings. The van der Waals surface area contributed by atoms with Gasteiger partial charge in [-0.25, -0.2) is 0 Å². The van der Waals surface area contributed by atoms with Crippen molar-refractivity contribution in [2.45, 2.75) is 10.8 Å². The van der Waals surface area contributed by atoms with Gasteiger partial charge < -0.3 is 10.8 Å². The lowest BCUT2D eigenvalue weighted by Gasteiger charge is -2.33. The fraction of sp³-hybridized carbons (Fsp3) is 0.125. The Balaban J connectivity index is 1.94. The summed E-state index contributed by atoms with van der Waals surface area (Å²) in [7, 11) is 0. The standard InChI is InChI=1S/C24H21NO2S/c25-22(23(26)27)16-28-24(18-9-2-1-3-10-18)15-14-17-8-4-5-11-19(17)20-12-6-7-13-21(20)24/h1-15,22H,16,25H2,(H,26,27). The van der Waals surface area contributed by atoms with Crippen LogP contribution in [0.4, 0.5) is 0 Å². The Kier molecular flexibility index (Phi) is 5.07. The maximum Gasteiger partial charge on any atom is 0.321 e. The molecule has 1 aliphatic carbocycles. The third kappa shape index (κ3) is 3.26. The summed E-state index contributed by atoms with van der Waals surface area (Å²) in [5.74, 6) is -0.677. The Bertz CT molecular complexity index is 1030. The molecule has 3 aromatic carbocycles. The molecule has 0 saturated heterocycles. The van der Waals surface area contributed by atoms with Gasteiger partial charge in [-0.3, -0.25) is 4.79 Å². The van der Waals surface area contributed by atoms with Crippen molar-refractivity contribution < 1.29 is 9.90 Å². The molecular formula is C24H21NO2S. The van der Waals surface area contributed by atoms with Crippen molar-refractivity contribution in [1.82, 2.24) is 0 Å². The van der Waals surface area contributed by atoms with E-state index in [0.717, 1.165) is 22.3 Å². The highest BCUT2D eigenvalue weighted by Crippen LogP contribution is 2.50. The molecule has 3 nitrogen and oxygen atoms in total. The van der Waals surface area contributed by atoms with E-state index in [1.54, 1.807) is 11.8 Å². The van der Waals surface area contributed by atoms with Crippen LogP contribution in [0.3, 0.4) is 0 Å². The van der Waals surface area contributed by atoms with Crippen molar-refractivity contribution in [3.05, 3.63) is 102 Å². The zero-order valence-electron chi connectivity index (χ0n) is 15.3. The van der Waals surface area contributed by atoms with Crippen LogP contribution in [0, 0.1) is 0 Å². The Morgan fingerprint density at radius 2 is 1.57 bits per heavy atom. The van der Waals surface area contributed by atoms with Crippen LogP contribution in [0.25, 0.3) is 17.2 Å². The second-order valence-electron chi connectivity index (χ2n) is 6.82. The lowest BCUT2D eigenvalue weighted by molar-refractivity contribution is -0.137. The smallest absolute Gasteiger partial charge is 0.321 e. The second-order valence-corrected chi connectivity index (χ2v) is 8.09. The summed E-state index contributed by atoms with van der Waals surface area (Å²) in [5.41, 5.74) is 11.6. The fourth-order valence-corrected chi connectivity index (χ4v) is 5.05. The van der Waals surface area contributed by atoms with Gasteiger partial charge in [0.05, 0.1) is 4.75 Å². The minimum absolute atomic E-state index is 0.305. The SMILES string of the molecule is NC(CSC1(c2ccccc2)C=Cc2ccccc2-c2ccccc21)C(=O)O. The number of aliphatic carboxylic acids is 1. The molecule has 2 unspecified atom stereocenters. The van der Waals surface area contributed by atoms with Crippen molar-refractivity contribution in [1.29, 1.82) is 0 Å². The van der Waals surface area contributed by atoms with Gasteiger partial charge in [0.25, 0.3) is 0 Å². The van der Waals surface area contributed by atoms with Gasteiger partial charge in [-0.15, -0.1) is 11.8 Å². The van der Waals surface area contributed by atoms with Gasteiger partial charge in [-0.1, -0.05) is 91.0 Å². The van der Waals surface area contributed by atoms with Gasteiger partial charge >= 0.3 is 5.97 Å². The number of carboxylic acids is 1. The third-order valence-electron chi connectivity index (χ3n) is 5.09. The number of nitrogens with two attached hydrogens (primary N) is 1. The van der Waals surface area contributed by atoms with E-state index in [1.165, 1.54) is 5.56 Å². The fourth-order valence-electron chi connectivity index (χ4n) is 3.67. The summed E-state index contributed by atoms with van der Waals surface area (Å²) in [6.45, 7) is 0. The molecule has 4 rings (SSSR count). The van der Waals surface area contributed by atoms with Crippen LogP contribution < -0.4 is 5.73 Å². The molecule has 1 aliphatic rings. The molecule has 0 fully saturated rings. The van der Waals surface area contributed by atoms with E-state index >= 15 is 0 Å².